The first kappa shape index (κ1) is 17.4. The zero-order valence-electron chi connectivity index (χ0n) is 12.4. The van der Waals surface area contributed by atoms with E-state index >= 15 is 0 Å². The number of nitrogens with one attached hydrogen (secondary N) is 1. The number of rotatable bonds is 10. The van der Waals surface area contributed by atoms with Crippen molar-refractivity contribution in [2.24, 2.45) is 0 Å². The van der Waals surface area contributed by atoms with Crippen LogP contribution in [-0.2, 0) is 15.9 Å². The monoisotopic (exact) mass is 345 g/mol. The second kappa shape index (κ2) is 10.2. The van der Waals surface area contributed by atoms with Crippen LogP contribution in [0.25, 0.3) is 0 Å². The summed E-state index contributed by atoms with van der Waals surface area (Å²) in [5.74, 6) is 0.852. The lowest BCUT2D eigenvalue weighted by Crippen LogP contribution is -2.35. The van der Waals surface area contributed by atoms with E-state index in [0.717, 1.165) is 23.2 Å². The SMILES string of the molecule is CCNC(COCCOC)Cc1ccc(OC)c(Br)c1. The normalized spacial score (nSPS) is 12.4. The highest BCUT2D eigenvalue weighted by molar-refractivity contribution is 9.10. The minimum absolute atomic E-state index is 0.303. The van der Waals surface area contributed by atoms with E-state index in [1.54, 1.807) is 14.2 Å². The molecule has 5 heteroatoms. The minimum Gasteiger partial charge on any atom is -0.496 e. The average Bonchev–Trinajstić information content (AvgIpc) is 2.44. The Balaban J connectivity index is 2.53. The molecule has 0 saturated carbocycles. The maximum absolute atomic E-state index is 5.61. The average molecular weight is 346 g/mol. The summed E-state index contributed by atoms with van der Waals surface area (Å²) in [6, 6.07) is 6.47. The van der Waals surface area contributed by atoms with Crippen molar-refractivity contribution in [2.45, 2.75) is 19.4 Å². The molecule has 1 aromatic rings. The van der Waals surface area contributed by atoms with Crippen molar-refractivity contribution in [3.8, 4) is 5.75 Å². The van der Waals surface area contributed by atoms with E-state index in [9.17, 15) is 0 Å². The summed E-state index contributed by atoms with van der Waals surface area (Å²) < 4.78 is 16.8. The van der Waals surface area contributed by atoms with Gasteiger partial charge in [0.1, 0.15) is 5.75 Å². The highest BCUT2D eigenvalue weighted by Gasteiger charge is 2.10. The summed E-state index contributed by atoms with van der Waals surface area (Å²) in [7, 11) is 3.35. The van der Waals surface area contributed by atoms with E-state index in [4.69, 9.17) is 14.2 Å². The second-order valence-corrected chi connectivity index (χ2v) is 5.35. The lowest BCUT2D eigenvalue weighted by molar-refractivity contribution is 0.0589. The maximum atomic E-state index is 5.61. The van der Waals surface area contributed by atoms with Gasteiger partial charge >= 0.3 is 0 Å². The molecule has 0 bridgehead atoms. The van der Waals surface area contributed by atoms with E-state index in [0.29, 0.717) is 25.9 Å². The third-order valence-corrected chi connectivity index (χ3v) is 3.56. The zero-order valence-corrected chi connectivity index (χ0v) is 14.0. The number of likely N-dealkylation sites (N-methyl/N-ethyl adjacent to an activating group) is 1. The van der Waals surface area contributed by atoms with Gasteiger partial charge in [0.05, 0.1) is 31.4 Å². The lowest BCUT2D eigenvalue weighted by Gasteiger charge is -2.18. The largest absolute Gasteiger partial charge is 0.496 e. The highest BCUT2D eigenvalue weighted by Crippen LogP contribution is 2.26. The van der Waals surface area contributed by atoms with Crippen molar-refractivity contribution in [3.63, 3.8) is 0 Å². The van der Waals surface area contributed by atoms with Gasteiger partial charge < -0.3 is 19.5 Å². The third-order valence-electron chi connectivity index (χ3n) is 2.94. The van der Waals surface area contributed by atoms with Crippen LogP contribution < -0.4 is 10.1 Å². The van der Waals surface area contributed by atoms with Crippen LogP contribution >= 0.6 is 15.9 Å². The predicted octanol–water partition coefficient (Wildman–Crippen LogP) is 2.64. The molecule has 0 saturated heterocycles. The third kappa shape index (κ3) is 6.22. The summed E-state index contributed by atoms with van der Waals surface area (Å²) >= 11 is 3.52. The van der Waals surface area contributed by atoms with Gasteiger partial charge in [0.2, 0.25) is 0 Å². The van der Waals surface area contributed by atoms with Crippen LogP contribution in [0, 0.1) is 0 Å². The van der Waals surface area contributed by atoms with Gasteiger partial charge in [-0.05, 0) is 46.6 Å². The van der Waals surface area contributed by atoms with Crippen molar-refractivity contribution < 1.29 is 14.2 Å². The standard InChI is InChI=1S/C15H24BrNO3/c1-4-17-13(11-20-8-7-18-2)9-12-5-6-15(19-3)14(16)10-12/h5-6,10,13,17H,4,7-9,11H2,1-3H3. The van der Waals surface area contributed by atoms with Gasteiger partial charge in [-0.2, -0.15) is 0 Å². The van der Waals surface area contributed by atoms with Crippen LogP contribution in [0.2, 0.25) is 0 Å². The molecule has 0 radical (unpaired) electrons. The van der Waals surface area contributed by atoms with Crippen LogP contribution in [0.5, 0.6) is 5.75 Å². The van der Waals surface area contributed by atoms with Crippen molar-refractivity contribution in [1.29, 1.82) is 0 Å². The Morgan fingerprint density at radius 1 is 1.25 bits per heavy atom. The molecule has 0 aromatic heterocycles. The van der Waals surface area contributed by atoms with Gasteiger partial charge in [0.25, 0.3) is 0 Å². The van der Waals surface area contributed by atoms with Crippen molar-refractivity contribution >= 4 is 15.9 Å². The van der Waals surface area contributed by atoms with Gasteiger partial charge in [0.15, 0.2) is 0 Å². The van der Waals surface area contributed by atoms with Gasteiger partial charge in [-0.1, -0.05) is 13.0 Å². The number of ether oxygens (including phenoxy) is 3. The van der Waals surface area contributed by atoms with E-state index < -0.39 is 0 Å². The van der Waals surface area contributed by atoms with Gasteiger partial charge in [-0.15, -0.1) is 0 Å². The molecule has 0 aliphatic carbocycles. The highest BCUT2D eigenvalue weighted by atomic mass is 79.9. The molecule has 0 heterocycles. The van der Waals surface area contributed by atoms with E-state index in [-0.39, 0.29) is 0 Å². The van der Waals surface area contributed by atoms with Crippen LogP contribution in [-0.4, -0.2) is 46.6 Å². The number of hydrogen-bond acceptors (Lipinski definition) is 4. The summed E-state index contributed by atoms with van der Waals surface area (Å²) in [5.41, 5.74) is 1.25. The fourth-order valence-electron chi connectivity index (χ4n) is 1.97. The van der Waals surface area contributed by atoms with Crippen LogP contribution in [0.15, 0.2) is 22.7 Å². The van der Waals surface area contributed by atoms with Gasteiger partial charge in [0, 0.05) is 13.2 Å². The zero-order chi connectivity index (χ0) is 14.8. The topological polar surface area (TPSA) is 39.7 Å². The molecular formula is C15H24BrNO3. The quantitative estimate of drug-likeness (QED) is 0.661. The maximum Gasteiger partial charge on any atom is 0.133 e. The van der Waals surface area contributed by atoms with Crippen LogP contribution in [0.1, 0.15) is 12.5 Å². The van der Waals surface area contributed by atoms with Crippen molar-refractivity contribution in [1.82, 2.24) is 5.32 Å². The first-order valence-corrected chi connectivity index (χ1v) is 7.63. The Morgan fingerprint density at radius 3 is 2.65 bits per heavy atom. The molecule has 1 aromatic carbocycles. The molecule has 0 amide bonds. The first-order valence-electron chi connectivity index (χ1n) is 6.83. The molecule has 0 aliphatic rings. The number of methoxy groups -OCH3 is 2. The Hall–Kier alpha value is -0.620. The Morgan fingerprint density at radius 2 is 2.05 bits per heavy atom. The summed E-state index contributed by atoms with van der Waals surface area (Å²) in [5, 5.41) is 3.44. The molecule has 0 aliphatic heterocycles. The van der Waals surface area contributed by atoms with Crippen LogP contribution in [0.3, 0.4) is 0 Å². The van der Waals surface area contributed by atoms with Gasteiger partial charge in [-0.25, -0.2) is 0 Å². The molecule has 0 fully saturated rings. The molecule has 1 atom stereocenters. The molecule has 1 unspecified atom stereocenters. The smallest absolute Gasteiger partial charge is 0.133 e. The van der Waals surface area contributed by atoms with E-state index in [1.807, 2.05) is 6.07 Å². The Kier molecular flexibility index (Phi) is 8.85. The van der Waals surface area contributed by atoms with Crippen LogP contribution in [0.4, 0.5) is 0 Å². The first-order chi connectivity index (χ1) is 9.71. The Labute approximate surface area is 129 Å². The Bertz CT molecular complexity index is 387. The molecule has 1 N–H and O–H groups in total. The van der Waals surface area contributed by atoms with Gasteiger partial charge in [-0.3, -0.25) is 0 Å². The van der Waals surface area contributed by atoms with Crippen molar-refractivity contribution in [3.05, 3.63) is 28.2 Å². The second-order valence-electron chi connectivity index (χ2n) is 4.50. The number of hydrogen-bond donors (Lipinski definition) is 1. The summed E-state index contributed by atoms with van der Waals surface area (Å²) in [4.78, 5) is 0. The molecule has 20 heavy (non-hydrogen) atoms. The predicted molar refractivity (Wildman–Crippen MR) is 84.6 cm³/mol. The lowest BCUT2D eigenvalue weighted by atomic mass is 10.1. The summed E-state index contributed by atoms with van der Waals surface area (Å²) in [6.45, 7) is 4.97. The van der Waals surface area contributed by atoms with E-state index in [2.05, 4.69) is 40.3 Å². The number of benzene rings is 1. The molecule has 4 nitrogen and oxygen atoms in total. The molecule has 0 spiro atoms. The van der Waals surface area contributed by atoms with E-state index in [1.165, 1.54) is 5.56 Å². The minimum atomic E-state index is 0.303. The molecular weight excluding hydrogens is 322 g/mol. The fraction of sp³-hybridized carbons (Fsp3) is 0.600. The van der Waals surface area contributed by atoms with Crippen molar-refractivity contribution in [2.75, 3.05) is 40.6 Å². The molecule has 114 valence electrons. The molecule has 1 rings (SSSR count). The fourth-order valence-corrected chi connectivity index (χ4v) is 2.56. The number of halogens is 1. The summed E-state index contributed by atoms with van der Waals surface area (Å²) in [6.07, 6.45) is 0.920.